The summed E-state index contributed by atoms with van der Waals surface area (Å²) in [7, 11) is 4.21. The van der Waals surface area contributed by atoms with Crippen molar-refractivity contribution in [2.45, 2.75) is 11.9 Å². The number of ether oxygens (including phenoxy) is 1. The van der Waals surface area contributed by atoms with Crippen LogP contribution in [0, 0.1) is 6.92 Å². The largest absolute Gasteiger partial charge is 0.468 e. The van der Waals surface area contributed by atoms with Gasteiger partial charge in [-0.1, -0.05) is 11.8 Å². The fraction of sp³-hybridized carbons (Fsp3) is 0.417. The lowest BCUT2D eigenvalue weighted by atomic mass is 10.4. The summed E-state index contributed by atoms with van der Waals surface area (Å²) in [6.07, 6.45) is 0. The number of carbonyl (C=O) groups excluding carboxylic acids is 1. The van der Waals surface area contributed by atoms with Gasteiger partial charge in [0, 0.05) is 14.1 Å². The summed E-state index contributed by atoms with van der Waals surface area (Å²) < 4.78 is 6.84. The molecule has 0 saturated heterocycles. The van der Waals surface area contributed by atoms with Crippen LogP contribution < -0.4 is 11.2 Å². The summed E-state index contributed by atoms with van der Waals surface area (Å²) in [5.41, 5.74) is -0.696. The molecule has 0 aliphatic rings. The number of rotatable bonds is 3. The van der Waals surface area contributed by atoms with E-state index in [2.05, 4.69) is 14.7 Å². The number of nitrogens with zero attached hydrogens (tertiary/aromatic N) is 4. The number of fused-ring (bicyclic) bond motifs is 1. The normalized spacial score (nSPS) is 10.9. The molecule has 0 radical (unpaired) electrons. The Bertz CT molecular complexity index is 840. The molecule has 0 saturated carbocycles. The Morgan fingerprint density at radius 3 is 2.52 bits per heavy atom. The quantitative estimate of drug-likeness (QED) is 0.432. The lowest BCUT2D eigenvalue weighted by molar-refractivity contribution is -0.137. The Morgan fingerprint density at radius 1 is 1.24 bits per heavy atom. The molecule has 0 spiro atoms. The van der Waals surface area contributed by atoms with Crippen molar-refractivity contribution in [3.63, 3.8) is 0 Å². The maximum absolute atomic E-state index is 12.3. The van der Waals surface area contributed by atoms with Crippen molar-refractivity contribution in [2.24, 2.45) is 14.1 Å². The van der Waals surface area contributed by atoms with E-state index in [0.29, 0.717) is 10.9 Å². The average molecular weight is 310 g/mol. The molecule has 2 aromatic heterocycles. The molecule has 0 aliphatic heterocycles. The lowest BCUT2D eigenvalue weighted by Gasteiger charge is -2.10. The number of carbonyl (C=O) groups is 1. The molecule has 0 aromatic carbocycles. The molecule has 0 fully saturated rings. The molecule has 21 heavy (non-hydrogen) atoms. The van der Waals surface area contributed by atoms with E-state index in [9.17, 15) is 14.4 Å². The number of aromatic nitrogens is 4. The molecule has 2 rings (SSSR count). The van der Waals surface area contributed by atoms with Crippen LogP contribution in [-0.4, -0.2) is 37.9 Å². The molecule has 0 N–H and O–H groups in total. The molecule has 8 nitrogen and oxygen atoms in total. The van der Waals surface area contributed by atoms with Crippen LogP contribution in [0.1, 0.15) is 5.82 Å². The Balaban J connectivity index is 2.74. The van der Waals surface area contributed by atoms with Gasteiger partial charge < -0.3 is 4.74 Å². The van der Waals surface area contributed by atoms with Crippen LogP contribution in [0.25, 0.3) is 11.0 Å². The third-order valence-corrected chi connectivity index (χ3v) is 3.88. The first-order chi connectivity index (χ1) is 9.86. The zero-order valence-electron chi connectivity index (χ0n) is 12.0. The highest BCUT2D eigenvalue weighted by atomic mass is 32.2. The van der Waals surface area contributed by atoms with Crippen LogP contribution in [0.2, 0.25) is 0 Å². The van der Waals surface area contributed by atoms with Crippen LogP contribution in [0.4, 0.5) is 0 Å². The third-order valence-electron chi connectivity index (χ3n) is 2.93. The summed E-state index contributed by atoms with van der Waals surface area (Å²) in [4.78, 5) is 43.8. The van der Waals surface area contributed by atoms with Gasteiger partial charge >= 0.3 is 11.7 Å². The van der Waals surface area contributed by atoms with Crippen LogP contribution >= 0.6 is 11.8 Å². The number of aryl methyl sites for hydroxylation is 2. The first-order valence-corrected chi connectivity index (χ1v) is 6.99. The van der Waals surface area contributed by atoms with Gasteiger partial charge in [0.25, 0.3) is 5.56 Å². The van der Waals surface area contributed by atoms with Gasteiger partial charge in [0.1, 0.15) is 16.2 Å². The van der Waals surface area contributed by atoms with Crippen molar-refractivity contribution in [3.05, 3.63) is 26.7 Å². The van der Waals surface area contributed by atoms with E-state index in [4.69, 9.17) is 0 Å². The number of thioether (sulfide) groups is 1. The van der Waals surface area contributed by atoms with Gasteiger partial charge in [-0.2, -0.15) is 0 Å². The Labute approximate surface area is 123 Å². The second kappa shape index (κ2) is 5.68. The second-order valence-electron chi connectivity index (χ2n) is 4.35. The van der Waals surface area contributed by atoms with Crippen molar-refractivity contribution in [1.82, 2.24) is 19.1 Å². The van der Waals surface area contributed by atoms with Crippen molar-refractivity contribution in [2.75, 3.05) is 12.9 Å². The molecule has 0 aliphatic carbocycles. The van der Waals surface area contributed by atoms with Gasteiger partial charge in [0.15, 0.2) is 5.65 Å². The topological polar surface area (TPSA) is 96.1 Å². The molecule has 112 valence electrons. The minimum Gasteiger partial charge on any atom is -0.468 e. The standard InChI is InChI=1S/C12H14N4O4S/c1-6-13-9-8(10(14-6)21-5-7(17)20-4)11(18)16(3)12(19)15(9)2/h5H2,1-4H3. The minimum absolute atomic E-state index is 0.0219. The summed E-state index contributed by atoms with van der Waals surface area (Å²) >= 11 is 1.08. The smallest absolute Gasteiger partial charge is 0.332 e. The summed E-state index contributed by atoms with van der Waals surface area (Å²) in [6, 6.07) is 0. The fourth-order valence-electron chi connectivity index (χ4n) is 1.82. The number of esters is 1. The number of methoxy groups -OCH3 is 1. The molecule has 0 atom stereocenters. The van der Waals surface area contributed by atoms with Gasteiger partial charge in [-0.3, -0.25) is 18.7 Å². The van der Waals surface area contributed by atoms with Crippen molar-refractivity contribution in [3.8, 4) is 0 Å². The third kappa shape index (κ3) is 2.68. The van der Waals surface area contributed by atoms with Crippen molar-refractivity contribution in [1.29, 1.82) is 0 Å². The van der Waals surface area contributed by atoms with E-state index >= 15 is 0 Å². The van der Waals surface area contributed by atoms with Gasteiger partial charge in [-0.25, -0.2) is 14.8 Å². The highest BCUT2D eigenvalue weighted by Crippen LogP contribution is 2.21. The monoisotopic (exact) mass is 310 g/mol. The zero-order chi connectivity index (χ0) is 15.7. The summed E-state index contributed by atoms with van der Waals surface area (Å²) in [5.74, 6) is 0.0119. The minimum atomic E-state index is -0.486. The van der Waals surface area contributed by atoms with E-state index in [1.165, 1.54) is 25.8 Å². The molecule has 0 amide bonds. The second-order valence-corrected chi connectivity index (χ2v) is 5.31. The van der Waals surface area contributed by atoms with Crippen LogP contribution in [0.3, 0.4) is 0 Å². The average Bonchev–Trinajstić information content (AvgIpc) is 2.47. The maximum Gasteiger partial charge on any atom is 0.332 e. The van der Waals surface area contributed by atoms with Gasteiger partial charge in [-0.05, 0) is 6.92 Å². The fourth-order valence-corrected chi connectivity index (χ4v) is 2.72. The summed E-state index contributed by atoms with van der Waals surface area (Å²) in [5, 5.41) is 0.582. The Hall–Kier alpha value is -2.16. The van der Waals surface area contributed by atoms with Crippen LogP contribution in [-0.2, 0) is 23.6 Å². The van der Waals surface area contributed by atoms with E-state index in [1.807, 2.05) is 0 Å². The van der Waals surface area contributed by atoms with Gasteiger partial charge in [0.05, 0.1) is 12.9 Å². The van der Waals surface area contributed by atoms with E-state index in [1.54, 1.807) is 6.92 Å². The highest BCUT2D eigenvalue weighted by molar-refractivity contribution is 8.00. The molecule has 2 heterocycles. The molecular weight excluding hydrogens is 296 g/mol. The van der Waals surface area contributed by atoms with E-state index in [-0.39, 0.29) is 16.8 Å². The first kappa shape index (κ1) is 15.2. The van der Waals surface area contributed by atoms with Crippen molar-refractivity contribution >= 4 is 28.8 Å². The SMILES string of the molecule is COC(=O)CSc1nc(C)nc2c1c(=O)n(C)c(=O)n2C. The van der Waals surface area contributed by atoms with Crippen LogP contribution in [0.15, 0.2) is 14.6 Å². The van der Waals surface area contributed by atoms with Crippen molar-refractivity contribution < 1.29 is 9.53 Å². The molecule has 0 unspecified atom stereocenters. The number of hydrogen-bond donors (Lipinski definition) is 0. The molecule has 9 heteroatoms. The predicted molar refractivity (Wildman–Crippen MR) is 77.5 cm³/mol. The zero-order valence-corrected chi connectivity index (χ0v) is 12.9. The van der Waals surface area contributed by atoms with Gasteiger partial charge in [-0.15, -0.1) is 0 Å². The Morgan fingerprint density at radius 2 is 1.90 bits per heavy atom. The first-order valence-electron chi connectivity index (χ1n) is 6.00. The lowest BCUT2D eigenvalue weighted by Crippen LogP contribution is -2.37. The van der Waals surface area contributed by atoms with Gasteiger partial charge in [0.2, 0.25) is 0 Å². The predicted octanol–water partition coefficient (Wildman–Crippen LogP) is -0.399. The highest BCUT2D eigenvalue weighted by Gasteiger charge is 2.17. The molecular formula is C12H14N4O4S. The summed E-state index contributed by atoms with van der Waals surface area (Å²) in [6.45, 7) is 1.66. The van der Waals surface area contributed by atoms with E-state index in [0.717, 1.165) is 16.3 Å². The molecule has 2 aromatic rings. The van der Waals surface area contributed by atoms with Crippen LogP contribution in [0.5, 0.6) is 0 Å². The Kier molecular flexibility index (Phi) is 4.12. The van der Waals surface area contributed by atoms with E-state index < -0.39 is 17.2 Å². The maximum atomic E-state index is 12.3. The molecule has 0 bridgehead atoms. The number of hydrogen-bond acceptors (Lipinski definition) is 7.